The van der Waals surface area contributed by atoms with Crippen molar-refractivity contribution in [2.45, 2.75) is 62.4 Å². The van der Waals surface area contributed by atoms with E-state index in [1.165, 1.54) is 11.1 Å². The molecule has 0 saturated heterocycles. The second-order valence-electron chi connectivity index (χ2n) is 9.70. The van der Waals surface area contributed by atoms with E-state index in [0.29, 0.717) is 25.7 Å². The van der Waals surface area contributed by atoms with Gasteiger partial charge in [-0.15, -0.1) is 0 Å². The van der Waals surface area contributed by atoms with E-state index in [2.05, 4.69) is 34.9 Å². The molecule has 2 atom stereocenters. The topological polar surface area (TPSA) is 105 Å². The van der Waals surface area contributed by atoms with E-state index in [1.54, 1.807) is 0 Å². The summed E-state index contributed by atoms with van der Waals surface area (Å²) in [4.78, 5) is 37.3. The van der Waals surface area contributed by atoms with Crippen molar-refractivity contribution in [2.75, 3.05) is 6.61 Å². The highest BCUT2D eigenvalue weighted by Gasteiger charge is 2.52. The third kappa shape index (κ3) is 4.27. The Morgan fingerprint density at radius 2 is 1.53 bits per heavy atom. The molecule has 7 nitrogen and oxygen atoms in total. The summed E-state index contributed by atoms with van der Waals surface area (Å²) < 4.78 is 5.69. The molecule has 3 aliphatic rings. The Morgan fingerprint density at radius 3 is 2.15 bits per heavy atom. The number of aliphatic carboxylic acids is 1. The minimum Gasteiger partial charge on any atom is -0.480 e. The molecule has 0 bridgehead atoms. The van der Waals surface area contributed by atoms with Gasteiger partial charge < -0.3 is 20.5 Å². The summed E-state index contributed by atoms with van der Waals surface area (Å²) in [5.41, 5.74) is 3.50. The molecule has 0 unspecified atom stereocenters. The Labute approximate surface area is 198 Å². The van der Waals surface area contributed by atoms with Gasteiger partial charge in [0.05, 0.1) is 5.92 Å². The molecule has 0 spiro atoms. The molecular weight excluding hydrogens is 432 g/mol. The smallest absolute Gasteiger partial charge is 0.407 e. The number of benzene rings is 2. The van der Waals surface area contributed by atoms with Crippen molar-refractivity contribution < 1.29 is 24.2 Å². The summed E-state index contributed by atoms with van der Waals surface area (Å²) in [5, 5.41) is 15.1. The molecule has 0 radical (unpaired) electrons. The van der Waals surface area contributed by atoms with Crippen LogP contribution in [0.2, 0.25) is 0 Å². The summed E-state index contributed by atoms with van der Waals surface area (Å²) in [6.45, 7) is 0.214. The molecular formula is C27H30N2O5. The average Bonchev–Trinajstić information content (AvgIpc) is 3.59. The van der Waals surface area contributed by atoms with Crippen molar-refractivity contribution in [1.82, 2.24) is 10.6 Å². The molecule has 5 rings (SSSR count). The number of carboxylic acids is 1. The number of carbonyl (C=O) groups is 3. The van der Waals surface area contributed by atoms with E-state index in [0.717, 1.165) is 30.4 Å². The van der Waals surface area contributed by atoms with Crippen LogP contribution in [0.4, 0.5) is 4.79 Å². The Bertz CT molecular complexity index is 1060. The fraction of sp³-hybridized carbons (Fsp3) is 0.444. The number of alkyl carbamates (subject to hydrolysis) is 1. The van der Waals surface area contributed by atoms with Crippen LogP contribution in [0.5, 0.6) is 0 Å². The lowest BCUT2D eigenvalue weighted by Gasteiger charge is -2.27. The van der Waals surface area contributed by atoms with Gasteiger partial charge in [-0.05, 0) is 47.9 Å². The first-order valence-electron chi connectivity index (χ1n) is 12.2. The van der Waals surface area contributed by atoms with Crippen LogP contribution >= 0.6 is 0 Å². The van der Waals surface area contributed by atoms with Crippen LogP contribution in [-0.4, -0.2) is 41.3 Å². The maximum atomic E-state index is 13.0. The SMILES string of the molecule is O=C(N[C@H]1CCCCC[C@H]1C(=O)NC1(C(=O)O)CC1)OCC1c2ccccc2-c2ccccc21. The zero-order valence-electron chi connectivity index (χ0n) is 19.1. The number of nitrogens with one attached hydrogen (secondary N) is 2. The quantitative estimate of drug-likeness (QED) is 0.558. The summed E-state index contributed by atoms with van der Waals surface area (Å²) in [6, 6.07) is 16.0. The van der Waals surface area contributed by atoms with Crippen LogP contribution in [0.25, 0.3) is 11.1 Å². The average molecular weight is 463 g/mol. The van der Waals surface area contributed by atoms with Crippen LogP contribution in [0, 0.1) is 5.92 Å². The third-order valence-corrected chi connectivity index (χ3v) is 7.52. The maximum Gasteiger partial charge on any atom is 0.407 e. The van der Waals surface area contributed by atoms with Crippen molar-refractivity contribution >= 4 is 18.0 Å². The minimum atomic E-state index is -1.13. The molecule has 0 heterocycles. The number of carboxylic acid groups (broad SMARTS) is 1. The molecule has 0 aliphatic heterocycles. The van der Waals surface area contributed by atoms with Crippen molar-refractivity contribution in [2.24, 2.45) is 5.92 Å². The summed E-state index contributed by atoms with van der Waals surface area (Å²) in [7, 11) is 0. The lowest BCUT2D eigenvalue weighted by atomic mass is 9.93. The highest BCUT2D eigenvalue weighted by atomic mass is 16.5. The van der Waals surface area contributed by atoms with Crippen LogP contribution in [0.3, 0.4) is 0 Å². The molecule has 2 amide bonds. The lowest BCUT2D eigenvalue weighted by Crippen LogP contribution is -2.51. The number of fused-ring (bicyclic) bond motifs is 3. The molecule has 178 valence electrons. The van der Waals surface area contributed by atoms with Gasteiger partial charge in [0.15, 0.2) is 0 Å². The molecule has 2 fully saturated rings. The zero-order chi connectivity index (χ0) is 23.7. The normalized spacial score (nSPS) is 22.6. The van der Waals surface area contributed by atoms with E-state index in [4.69, 9.17) is 4.74 Å². The van der Waals surface area contributed by atoms with Gasteiger partial charge in [0.25, 0.3) is 0 Å². The number of ether oxygens (including phenoxy) is 1. The zero-order valence-corrected chi connectivity index (χ0v) is 19.1. The molecule has 2 saturated carbocycles. The fourth-order valence-corrected chi connectivity index (χ4v) is 5.43. The Morgan fingerprint density at radius 1 is 0.912 bits per heavy atom. The largest absolute Gasteiger partial charge is 0.480 e. The Hall–Kier alpha value is -3.35. The number of hydrogen-bond acceptors (Lipinski definition) is 4. The van der Waals surface area contributed by atoms with Crippen LogP contribution in [0.1, 0.15) is 62.0 Å². The summed E-state index contributed by atoms with van der Waals surface area (Å²) >= 11 is 0. The first-order chi connectivity index (χ1) is 16.5. The molecule has 3 N–H and O–H groups in total. The minimum absolute atomic E-state index is 0.0309. The number of hydrogen-bond donors (Lipinski definition) is 3. The molecule has 2 aromatic rings. The molecule has 2 aromatic carbocycles. The standard InChI is InChI=1S/C27H30N2O5/c30-24(29-27(14-15-27)25(31)32)21-12-2-1-3-13-23(21)28-26(33)34-16-22-19-10-6-4-8-17(19)18-9-5-7-11-20(18)22/h4-11,21-23H,1-3,12-16H2,(H,28,33)(H,29,30)(H,31,32)/t21-,23+/m1/s1. The van der Waals surface area contributed by atoms with E-state index in [1.807, 2.05) is 24.3 Å². The Kier molecular flexibility index (Phi) is 6.02. The Balaban J connectivity index is 1.24. The second kappa shape index (κ2) is 9.12. The van der Waals surface area contributed by atoms with Gasteiger partial charge in [-0.1, -0.05) is 67.8 Å². The van der Waals surface area contributed by atoms with Crippen molar-refractivity contribution in [3.63, 3.8) is 0 Å². The van der Waals surface area contributed by atoms with E-state index in [-0.39, 0.29) is 24.5 Å². The van der Waals surface area contributed by atoms with E-state index in [9.17, 15) is 19.5 Å². The van der Waals surface area contributed by atoms with Crippen molar-refractivity contribution in [3.8, 4) is 11.1 Å². The van der Waals surface area contributed by atoms with Crippen LogP contribution in [0.15, 0.2) is 48.5 Å². The second-order valence-corrected chi connectivity index (χ2v) is 9.70. The molecule has 7 heteroatoms. The van der Waals surface area contributed by atoms with Gasteiger partial charge in [0.2, 0.25) is 5.91 Å². The number of amides is 2. The van der Waals surface area contributed by atoms with Gasteiger partial charge >= 0.3 is 12.1 Å². The van der Waals surface area contributed by atoms with Gasteiger partial charge in [-0.3, -0.25) is 4.79 Å². The van der Waals surface area contributed by atoms with Crippen molar-refractivity contribution in [1.29, 1.82) is 0 Å². The fourth-order valence-electron chi connectivity index (χ4n) is 5.43. The number of carbonyl (C=O) groups excluding carboxylic acids is 2. The van der Waals surface area contributed by atoms with Gasteiger partial charge in [-0.25, -0.2) is 9.59 Å². The number of rotatable bonds is 6. The summed E-state index contributed by atoms with van der Waals surface area (Å²) in [6.07, 6.45) is 4.42. The molecule has 34 heavy (non-hydrogen) atoms. The van der Waals surface area contributed by atoms with E-state index >= 15 is 0 Å². The first-order valence-corrected chi connectivity index (χ1v) is 12.2. The highest BCUT2D eigenvalue weighted by Crippen LogP contribution is 2.44. The monoisotopic (exact) mass is 462 g/mol. The molecule has 0 aromatic heterocycles. The van der Waals surface area contributed by atoms with Crippen molar-refractivity contribution in [3.05, 3.63) is 59.7 Å². The summed E-state index contributed by atoms with van der Waals surface area (Å²) in [5.74, 6) is -1.77. The molecule has 3 aliphatic carbocycles. The third-order valence-electron chi connectivity index (χ3n) is 7.52. The highest BCUT2D eigenvalue weighted by molar-refractivity contribution is 5.91. The first kappa shape index (κ1) is 22.4. The predicted molar refractivity (Wildman–Crippen MR) is 126 cm³/mol. The van der Waals surface area contributed by atoms with Crippen LogP contribution in [-0.2, 0) is 14.3 Å². The lowest BCUT2D eigenvalue weighted by molar-refractivity contribution is -0.144. The van der Waals surface area contributed by atoms with Crippen LogP contribution < -0.4 is 10.6 Å². The van der Waals surface area contributed by atoms with Gasteiger partial charge in [0.1, 0.15) is 12.1 Å². The maximum absolute atomic E-state index is 13.0. The van der Waals surface area contributed by atoms with E-state index < -0.39 is 23.5 Å². The predicted octanol–water partition coefficient (Wildman–Crippen LogP) is 4.21. The van der Waals surface area contributed by atoms with Gasteiger partial charge in [-0.2, -0.15) is 0 Å². The van der Waals surface area contributed by atoms with Gasteiger partial charge in [0, 0.05) is 12.0 Å².